The van der Waals surface area contributed by atoms with E-state index in [1.807, 2.05) is 17.0 Å². The SMILES string of the molecule is CNC1(C(C)=O)CN(c2ccc(CC(C)C)nc2)CCN1C(=O)O. The first-order chi connectivity index (χ1) is 11.3. The molecule has 0 aliphatic carbocycles. The molecular formula is C17H26N4O3. The molecule has 0 spiro atoms. The summed E-state index contributed by atoms with van der Waals surface area (Å²) in [5.74, 6) is 0.318. The third-order valence-electron chi connectivity index (χ3n) is 4.49. The van der Waals surface area contributed by atoms with Gasteiger partial charge in [0.05, 0.1) is 18.4 Å². The summed E-state index contributed by atoms with van der Waals surface area (Å²) in [5.41, 5.74) is 0.693. The van der Waals surface area contributed by atoms with Crippen molar-refractivity contribution in [2.24, 2.45) is 5.92 Å². The summed E-state index contributed by atoms with van der Waals surface area (Å²) in [7, 11) is 1.62. The number of pyridine rings is 1. The predicted octanol–water partition coefficient (Wildman–Crippen LogP) is 1.58. The molecule has 0 saturated carbocycles. The molecule has 7 nitrogen and oxygen atoms in total. The first-order valence-electron chi connectivity index (χ1n) is 8.20. The maximum Gasteiger partial charge on any atom is 0.409 e. The molecule has 1 aliphatic heterocycles. The zero-order chi connectivity index (χ0) is 17.9. The number of rotatable bonds is 5. The standard InChI is InChI=1S/C17H26N4O3/c1-12(2)9-14-5-6-15(10-19-14)20-7-8-21(16(23)24)17(11-20,18-4)13(3)22/h5-6,10,12,18H,7-9,11H2,1-4H3,(H,23,24). The number of carbonyl (C=O) groups is 2. The van der Waals surface area contributed by atoms with E-state index in [4.69, 9.17) is 0 Å². The minimum atomic E-state index is -1.24. The molecule has 1 aromatic rings. The van der Waals surface area contributed by atoms with Gasteiger partial charge in [-0.05, 0) is 38.4 Å². The molecule has 1 atom stereocenters. The molecule has 0 aromatic carbocycles. The zero-order valence-corrected chi connectivity index (χ0v) is 14.7. The fourth-order valence-corrected chi connectivity index (χ4v) is 3.17. The van der Waals surface area contributed by atoms with Gasteiger partial charge in [-0.3, -0.25) is 20.0 Å². The molecule has 2 N–H and O–H groups in total. The second-order valence-electron chi connectivity index (χ2n) is 6.63. The van der Waals surface area contributed by atoms with Crippen molar-refractivity contribution >= 4 is 17.6 Å². The van der Waals surface area contributed by atoms with Crippen LogP contribution in [0.3, 0.4) is 0 Å². The topological polar surface area (TPSA) is 85.8 Å². The monoisotopic (exact) mass is 334 g/mol. The molecule has 1 aliphatic rings. The Kier molecular flexibility index (Phi) is 5.43. The Labute approximate surface area is 142 Å². The average Bonchev–Trinajstić information content (AvgIpc) is 2.54. The van der Waals surface area contributed by atoms with Crippen LogP contribution in [0.4, 0.5) is 10.5 Å². The number of ketones is 1. The van der Waals surface area contributed by atoms with E-state index in [1.54, 1.807) is 13.2 Å². The van der Waals surface area contributed by atoms with Crippen LogP contribution in [0.2, 0.25) is 0 Å². The van der Waals surface area contributed by atoms with Crippen LogP contribution in [0.1, 0.15) is 26.5 Å². The summed E-state index contributed by atoms with van der Waals surface area (Å²) < 4.78 is 0. The first kappa shape index (κ1) is 18.2. The van der Waals surface area contributed by atoms with Crippen molar-refractivity contribution in [1.29, 1.82) is 0 Å². The van der Waals surface area contributed by atoms with E-state index in [0.717, 1.165) is 17.8 Å². The van der Waals surface area contributed by atoms with E-state index < -0.39 is 11.8 Å². The lowest BCUT2D eigenvalue weighted by Crippen LogP contribution is -2.73. The average molecular weight is 334 g/mol. The van der Waals surface area contributed by atoms with Gasteiger partial charge >= 0.3 is 6.09 Å². The molecule has 1 amide bonds. The minimum absolute atomic E-state index is 0.221. The van der Waals surface area contributed by atoms with Gasteiger partial charge in [0.25, 0.3) is 0 Å². The van der Waals surface area contributed by atoms with Crippen LogP contribution < -0.4 is 10.2 Å². The summed E-state index contributed by atoms with van der Waals surface area (Å²) in [6, 6.07) is 3.98. The lowest BCUT2D eigenvalue weighted by atomic mass is 9.99. The quantitative estimate of drug-likeness (QED) is 0.850. The van der Waals surface area contributed by atoms with Crippen LogP contribution in [0.5, 0.6) is 0 Å². The number of nitrogens with zero attached hydrogens (tertiary/aromatic N) is 3. The number of carbonyl (C=O) groups excluding carboxylic acids is 1. The number of amides is 1. The molecule has 24 heavy (non-hydrogen) atoms. The maximum atomic E-state index is 12.2. The van der Waals surface area contributed by atoms with E-state index in [-0.39, 0.29) is 18.9 Å². The van der Waals surface area contributed by atoms with Gasteiger partial charge in [0.15, 0.2) is 11.4 Å². The Morgan fingerprint density at radius 3 is 2.54 bits per heavy atom. The first-order valence-corrected chi connectivity index (χ1v) is 8.20. The van der Waals surface area contributed by atoms with Crippen molar-refractivity contribution in [2.75, 3.05) is 31.6 Å². The number of aromatic nitrogens is 1. The molecule has 2 heterocycles. The smallest absolute Gasteiger partial charge is 0.409 e. The zero-order valence-electron chi connectivity index (χ0n) is 14.7. The van der Waals surface area contributed by atoms with Gasteiger partial charge in [0.1, 0.15) is 0 Å². The number of hydrogen-bond acceptors (Lipinski definition) is 5. The van der Waals surface area contributed by atoms with Crippen LogP contribution in [0.25, 0.3) is 0 Å². The number of carboxylic acid groups (broad SMARTS) is 1. The molecule has 1 aromatic heterocycles. The van der Waals surface area contributed by atoms with Crippen molar-refractivity contribution in [1.82, 2.24) is 15.2 Å². The molecule has 1 unspecified atom stereocenters. The number of piperazine rings is 1. The number of nitrogens with one attached hydrogen (secondary N) is 1. The van der Waals surface area contributed by atoms with Gasteiger partial charge in [-0.25, -0.2) is 4.79 Å². The molecule has 132 valence electrons. The van der Waals surface area contributed by atoms with Gasteiger partial charge in [0.2, 0.25) is 0 Å². The highest BCUT2D eigenvalue weighted by molar-refractivity contribution is 5.90. The molecule has 2 rings (SSSR count). The van der Waals surface area contributed by atoms with Gasteiger partial charge in [-0.1, -0.05) is 13.8 Å². The Morgan fingerprint density at radius 2 is 2.08 bits per heavy atom. The van der Waals surface area contributed by atoms with Crippen LogP contribution in [-0.4, -0.2) is 59.2 Å². The highest BCUT2D eigenvalue weighted by Crippen LogP contribution is 2.25. The summed E-state index contributed by atoms with van der Waals surface area (Å²) in [4.78, 5) is 31.4. The van der Waals surface area contributed by atoms with Crippen LogP contribution in [0, 0.1) is 5.92 Å². The molecule has 1 saturated heterocycles. The van der Waals surface area contributed by atoms with Gasteiger partial charge in [-0.15, -0.1) is 0 Å². The summed E-state index contributed by atoms with van der Waals surface area (Å²) in [6.45, 7) is 6.75. The minimum Gasteiger partial charge on any atom is -0.465 e. The van der Waals surface area contributed by atoms with Crippen molar-refractivity contribution in [3.63, 3.8) is 0 Å². The van der Waals surface area contributed by atoms with E-state index in [1.165, 1.54) is 11.8 Å². The number of hydrogen-bond donors (Lipinski definition) is 2. The van der Waals surface area contributed by atoms with E-state index in [9.17, 15) is 14.7 Å². The van der Waals surface area contributed by atoms with E-state index >= 15 is 0 Å². The van der Waals surface area contributed by atoms with Crippen molar-refractivity contribution in [3.05, 3.63) is 24.0 Å². The fraction of sp³-hybridized carbons (Fsp3) is 0.588. The van der Waals surface area contributed by atoms with Gasteiger partial charge in [-0.2, -0.15) is 0 Å². The van der Waals surface area contributed by atoms with Crippen LogP contribution >= 0.6 is 0 Å². The normalized spacial score (nSPS) is 21.2. The Hall–Kier alpha value is -2.15. The molecule has 1 fully saturated rings. The van der Waals surface area contributed by atoms with Gasteiger partial charge < -0.3 is 10.0 Å². The van der Waals surface area contributed by atoms with Crippen LogP contribution in [-0.2, 0) is 11.2 Å². The van der Waals surface area contributed by atoms with Crippen molar-refractivity contribution in [3.8, 4) is 0 Å². The molecule has 0 bridgehead atoms. The van der Waals surface area contributed by atoms with E-state index in [0.29, 0.717) is 12.5 Å². The third-order valence-corrected chi connectivity index (χ3v) is 4.49. The second kappa shape index (κ2) is 7.17. The largest absolute Gasteiger partial charge is 0.465 e. The lowest BCUT2D eigenvalue weighted by molar-refractivity contribution is -0.130. The third kappa shape index (κ3) is 3.51. The van der Waals surface area contributed by atoms with Crippen molar-refractivity contribution < 1.29 is 14.7 Å². The molecular weight excluding hydrogens is 308 g/mol. The van der Waals surface area contributed by atoms with Gasteiger partial charge in [0, 0.05) is 18.8 Å². The number of Topliss-reactive ketones (excluding diaryl/α,β-unsaturated/α-hetero) is 1. The summed E-state index contributed by atoms with van der Waals surface area (Å²) in [5, 5.41) is 12.4. The number of likely N-dealkylation sites (N-methyl/N-ethyl adjacent to an activating group) is 1. The maximum absolute atomic E-state index is 12.2. The second-order valence-corrected chi connectivity index (χ2v) is 6.63. The molecule has 7 heteroatoms. The van der Waals surface area contributed by atoms with Crippen LogP contribution in [0.15, 0.2) is 18.3 Å². The highest BCUT2D eigenvalue weighted by atomic mass is 16.4. The molecule has 0 radical (unpaired) electrons. The highest BCUT2D eigenvalue weighted by Gasteiger charge is 2.47. The lowest BCUT2D eigenvalue weighted by Gasteiger charge is -2.48. The fourth-order valence-electron chi connectivity index (χ4n) is 3.17. The number of anilines is 1. The predicted molar refractivity (Wildman–Crippen MR) is 92.2 cm³/mol. The Balaban J connectivity index is 2.24. The van der Waals surface area contributed by atoms with Crippen molar-refractivity contribution in [2.45, 2.75) is 32.9 Å². The summed E-state index contributed by atoms with van der Waals surface area (Å²) >= 11 is 0. The Morgan fingerprint density at radius 1 is 1.38 bits per heavy atom. The van der Waals surface area contributed by atoms with E-state index in [2.05, 4.69) is 24.1 Å². The Bertz CT molecular complexity index is 602. The summed E-state index contributed by atoms with van der Waals surface area (Å²) in [6.07, 6.45) is 1.62.